The van der Waals surface area contributed by atoms with E-state index in [1.54, 1.807) is 0 Å². The lowest BCUT2D eigenvalue weighted by atomic mass is 9.83. The van der Waals surface area contributed by atoms with Crippen molar-refractivity contribution in [3.8, 4) is 0 Å². The van der Waals surface area contributed by atoms with E-state index in [0.717, 1.165) is 31.7 Å². The Morgan fingerprint density at radius 1 is 1.25 bits per heavy atom. The smallest absolute Gasteiger partial charge is 0.0674 e. The Balaban J connectivity index is 1.96. The van der Waals surface area contributed by atoms with E-state index >= 15 is 0 Å². The Morgan fingerprint density at radius 2 is 2.06 bits per heavy atom. The lowest BCUT2D eigenvalue weighted by Crippen LogP contribution is -2.47. The summed E-state index contributed by atoms with van der Waals surface area (Å²) in [6.45, 7) is 6.28. The molecule has 94 valence electrons. The van der Waals surface area contributed by atoms with Gasteiger partial charge >= 0.3 is 0 Å². The van der Waals surface area contributed by atoms with E-state index in [1.807, 2.05) is 0 Å². The van der Waals surface area contributed by atoms with Crippen LogP contribution in [0.15, 0.2) is 0 Å². The summed E-state index contributed by atoms with van der Waals surface area (Å²) in [5.74, 6) is 0.721. The van der Waals surface area contributed by atoms with Gasteiger partial charge in [-0.05, 0) is 38.6 Å². The molecule has 0 aromatic carbocycles. The van der Waals surface area contributed by atoms with Crippen molar-refractivity contribution >= 4 is 0 Å². The SMILES string of the molecule is CC1CN(C2CCCCC2CN)CCCO1. The first-order valence-electron chi connectivity index (χ1n) is 6.87. The zero-order valence-corrected chi connectivity index (χ0v) is 10.5. The summed E-state index contributed by atoms with van der Waals surface area (Å²) in [6.07, 6.45) is 6.99. The lowest BCUT2D eigenvalue weighted by Gasteiger charge is -2.39. The summed E-state index contributed by atoms with van der Waals surface area (Å²) >= 11 is 0. The van der Waals surface area contributed by atoms with Crippen LogP contribution in [0.1, 0.15) is 39.0 Å². The van der Waals surface area contributed by atoms with Crippen LogP contribution >= 0.6 is 0 Å². The van der Waals surface area contributed by atoms with Gasteiger partial charge in [-0.15, -0.1) is 0 Å². The van der Waals surface area contributed by atoms with Crippen LogP contribution in [-0.2, 0) is 4.74 Å². The molecule has 3 nitrogen and oxygen atoms in total. The van der Waals surface area contributed by atoms with Crippen molar-refractivity contribution in [3.05, 3.63) is 0 Å². The topological polar surface area (TPSA) is 38.5 Å². The normalized spacial score (nSPS) is 38.2. The largest absolute Gasteiger partial charge is 0.377 e. The standard InChI is InChI=1S/C13H26N2O/c1-11-10-15(7-4-8-16-11)13-6-3-2-5-12(13)9-14/h11-13H,2-10,14H2,1H3. The minimum absolute atomic E-state index is 0.392. The van der Waals surface area contributed by atoms with Crippen LogP contribution in [0, 0.1) is 5.92 Å². The van der Waals surface area contributed by atoms with Crippen molar-refractivity contribution < 1.29 is 4.74 Å². The van der Waals surface area contributed by atoms with Crippen LogP contribution in [0.25, 0.3) is 0 Å². The Labute approximate surface area is 99.3 Å². The molecular formula is C13H26N2O. The molecule has 1 aliphatic carbocycles. The lowest BCUT2D eigenvalue weighted by molar-refractivity contribution is 0.0459. The molecule has 1 aliphatic heterocycles. The highest BCUT2D eigenvalue weighted by atomic mass is 16.5. The summed E-state index contributed by atoms with van der Waals surface area (Å²) in [5, 5.41) is 0. The second-order valence-corrected chi connectivity index (χ2v) is 5.38. The monoisotopic (exact) mass is 226 g/mol. The molecule has 2 N–H and O–H groups in total. The maximum atomic E-state index is 5.92. The minimum Gasteiger partial charge on any atom is -0.377 e. The van der Waals surface area contributed by atoms with Crippen LogP contribution < -0.4 is 5.73 Å². The highest BCUT2D eigenvalue weighted by Crippen LogP contribution is 2.28. The third-order valence-electron chi connectivity index (χ3n) is 4.12. The molecule has 2 fully saturated rings. The second kappa shape index (κ2) is 5.99. The molecule has 0 aromatic heterocycles. The van der Waals surface area contributed by atoms with Gasteiger partial charge in [0.15, 0.2) is 0 Å². The average Bonchev–Trinajstić information content (AvgIpc) is 2.54. The van der Waals surface area contributed by atoms with Gasteiger partial charge < -0.3 is 10.5 Å². The molecule has 0 spiro atoms. The van der Waals surface area contributed by atoms with Crippen LogP contribution in [-0.4, -0.2) is 43.3 Å². The van der Waals surface area contributed by atoms with Gasteiger partial charge in [0.05, 0.1) is 6.10 Å². The predicted octanol–water partition coefficient (Wildman–Crippen LogP) is 1.61. The number of ether oxygens (including phenoxy) is 1. The van der Waals surface area contributed by atoms with Crippen LogP contribution in [0.4, 0.5) is 0 Å². The van der Waals surface area contributed by atoms with Crippen molar-refractivity contribution in [3.63, 3.8) is 0 Å². The van der Waals surface area contributed by atoms with Gasteiger partial charge in [0.1, 0.15) is 0 Å². The van der Waals surface area contributed by atoms with Crippen molar-refractivity contribution in [1.82, 2.24) is 4.90 Å². The second-order valence-electron chi connectivity index (χ2n) is 5.38. The molecule has 16 heavy (non-hydrogen) atoms. The Kier molecular flexibility index (Phi) is 4.62. The first-order chi connectivity index (χ1) is 7.81. The zero-order valence-electron chi connectivity index (χ0n) is 10.5. The highest BCUT2D eigenvalue weighted by Gasteiger charge is 2.30. The van der Waals surface area contributed by atoms with Gasteiger partial charge in [-0.3, -0.25) is 4.90 Å². The molecule has 2 aliphatic rings. The highest BCUT2D eigenvalue weighted by molar-refractivity contribution is 4.85. The molecule has 0 amide bonds. The van der Waals surface area contributed by atoms with Gasteiger partial charge in [0.2, 0.25) is 0 Å². The van der Waals surface area contributed by atoms with E-state index in [1.165, 1.54) is 38.6 Å². The van der Waals surface area contributed by atoms with Gasteiger partial charge in [-0.25, -0.2) is 0 Å². The number of nitrogens with zero attached hydrogens (tertiary/aromatic N) is 1. The summed E-state index contributed by atoms with van der Waals surface area (Å²) in [6, 6.07) is 0.725. The quantitative estimate of drug-likeness (QED) is 0.777. The molecule has 3 unspecified atom stereocenters. The van der Waals surface area contributed by atoms with E-state index in [0.29, 0.717) is 6.10 Å². The number of rotatable bonds is 2. The number of hydrogen-bond donors (Lipinski definition) is 1. The molecule has 2 rings (SSSR count). The Bertz CT molecular complexity index is 210. The van der Waals surface area contributed by atoms with Gasteiger partial charge in [0, 0.05) is 25.7 Å². The maximum absolute atomic E-state index is 5.92. The fraction of sp³-hybridized carbons (Fsp3) is 1.00. The van der Waals surface area contributed by atoms with Crippen molar-refractivity contribution in [1.29, 1.82) is 0 Å². The average molecular weight is 226 g/mol. The summed E-state index contributed by atoms with van der Waals surface area (Å²) < 4.78 is 5.72. The van der Waals surface area contributed by atoms with Crippen molar-refractivity contribution in [2.45, 2.75) is 51.2 Å². The van der Waals surface area contributed by atoms with Gasteiger partial charge in [0.25, 0.3) is 0 Å². The van der Waals surface area contributed by atoms with Crippen LogP contribution in [0.2, 0.25) is 0 Å². The summed E-state index contributed by atoms with van der Waals surface area (Å²) in [4.78, 5) is 2.65. The minimum atomic E-state index is 0.392. The number of nitrogens with two attached hydrogens (primary N) is 1. The van der Waals surface area contributed by atoms with Crippen LogP contribution in [0.3, 0.4) is 0 Å². The third kappa shape index (κ3) is 2.96. The molecular weight excluding hydrogens is 200 g/mol. The molecule has 3 heteroatoms. The molecule has 0 radical (unpaired) electrons. The van der Waals surface area contributed by atoms with Crippen molar-refractivity contribution in [2.24, 2.45) is 11.7 Å². The van der Waals surface area contributed by atoms with E-state index in [-0.39, 0.29) is 0 Å². The molecule has 1 heterocycles. The molecule has 3 atom stereocenters. The first kappa shape index (κ1) is 12.3. The molecule has 1 saturated carbocycles. The van der Waals surface area contributed by atoms with E-state index < -0.39 is 0 Å². The van der Waals surface area contributed by atoms with Gasteiger partial charge in [-0.1, -0.05) is 12.8 Å². The summed E-state index contributed by atoms with van der Waals surface area (Å²) in [5.41, 5.74) is 5.92. The molecule has 1 saturated heterocycles. The predicted molar refractivity (Wildman–Crippen MR) is 66.4 cm³/mol. The summed E-state index contributed by atoms with van der Waals surface area (Å²) in [7, 11) is 0. The Hall–Kier alpha value is -0.120. The van der Waals surface area contributed by atoms with E-state index in [2.05, 4.69) is 11.8 Å². The van der Waals surface area contributed by atoms with E-state index in [9.17, 15) is 0 Å². The molecule has 0 bridgehead atoms. The fourth-order valence-corrected chi connectivity index (χ4v) is 3.27. The van der Waals surface area contributed by atoms with Crippen LogP contribution in [0.5, 0.6) is 0 Å². The maximum Gasteiger partial charge on any atom is 0.0674 e. The molecule has 0 aromatic rings. The van der Waals surface area contributed by atoms with Crippen molar-refractivity contribution in [2.75, 3.05) is 26.2 Å². The first-order valence-corrected chi connectivity index (χ1v) is 6.87. The third-order valence-corrected chi connectivity index (χ3v) is 4.12. The van der Waals surface area contributed by atoms with E-state index in [4.69, 9.17) is 10.5 Å². The number of hydrogen-bond acceptors (Lipinski definition) is 3. The Morgan fingerprint density at radius 3 is 2.88 bits per heavy atom. The fourth-order valence-electron chi connectivity index (χ4n) is 3.27. The zero-order chi connectivity index (χ0) is 11.4. The van der Waals surface area contributed by atoms with Gasteiger partial charge in [-0.2, -0.15) is 0 Å².